The van der Waals surface area contributed by atoms with Crippen molar-refractivity contribution >= 4 is 17.6 Å². The van der Waals surface area contributed by atoms with Crippen molar-refractivity contribution in [3.63, 3.8) is 0 Å². The summed E-state index contributed by atoms with van der Waals surface area (Å²) in [5.74, 6) is 2.06. The lowest BCUT2D eigenvalue weighted by atomic mass is 9.92. The summed E-state index contributed by atoms with van der Waals surface area (Å²) in [5.41, 5.74) is 4.51. The van der Waals surface area contributed by atoms with Crippen molar-refractivity contribution in [2.75, 3.05) is 5.32 Å². The first-order chi connectivity index (χ1) is 21.5. The Hall–Kier alpha value is -4.62. The molecule has 2 atom stereocenters. The number of nitrogens with one attached hydrogen (secondary N) is 2. The lowest BCUT2D eigenvalue weighted by Gasteiger charge is -2.33. The van der Waals surface area contributed by atoms with E-state index in [0.29, 0.717) is 28.7 Å². The maximum Gasteiger partial charge on any atom is 0.310 e. The van der Waals surface area contributed by atoms with Crippen LogP contribution in [-0.4, -0.2) is 24.0 Å². The minimum Gasteiger partial charge on any atom is -0.456 e. The van der Waals surface area contributed by atoms with Crippen LogP contribution in [0, 0.1) is 19.8 Å². The van der Waals surface area contributed by atoms with E-state index in [2.05, 4.69) is 38.3 Å². The molecule has 7 heteroatoms. The molecule has 45 heavy (non-hydrogen) atoms. The first-order valence-electron chi connectivity index (χ1n) is 15.4. The van der Waals surface area contributed by atoms with E-state index in [9.17, 15) is 9.59 Å². The van der Waals surface area contributed by atoms with E-state index in [4.69, 9.17) is 14.2 Å². The Kier molecular flexibility index (Phi) is 11.4. The molecule has 0 aliphatic carbocycles. The predicted molar refractivity (Wildman–Crippen MR) is 179 cm³/mol. The molecule has 4 aromatic rings. The Bertz CT molecular complexity index is 1560. The molecular weight excluding hydrogens is 564 g/mol. The fourth-order valence-electron chi connectivity index (χ4n) is 4.95. The standard InChI is InChI=1S/C38H44N2O5/c1-24(2)37(39-25(3)4)38(45-36(42)22-29-12-15-31(16-13-29)40-28(7)41)30-14-21-34(43-32-17-8-26(5)9-18-32)35(23-30)44-33-19-10-27(6)11-20-33/h8-21,23-25,37-39H,22H2,1-7H3,(H,40,41). The number of carbonyl (C=O) groups excluding carboxylic acids is 2. The van der Waals surface area contributed by atoms with E-state index < -0.39 is 6.10 Å². The van der Waals surface area contributed by atoms with E-state index in [0.717, 1.165) is 22.3 Å². The highest BCUT2D eigenvalue weighted by atomic mass is 16.5. The van der Waals surface area contributed by atoms with Gasteiger partial charge in [-0.2, -0.15) is 0 Å². The largest absolute Gasteiger partial charge is 0.456 e. The normalized spacial score (nSPS) is 12.5. The predicted octanol–water partition coefficient (Wildman–Crippen LogP) is 8.70. The van der Waals surface area contributed by atoms with Gasteiger partial charge in [-0.3, -0.25) is 9.59 Å². The summed E-state index contributed by atoms with van der Waals surface area (Å²) in [6.45, 7) is 13.9. The summed E-state index contributed by atoms with van der Waals surface area (Å²) in [6.07, 6.45) is -0.516. The topological polar surface area (TPSA) is 85.9 Å². The average Bonchev–Trinajstić information content (AvgIpc) is 2.98. The first-order valence-corrected chi connectivity index (χ1v) is 15.4. The molecule has 0 spiro atoms. The number of benzene rings is 4. The van der Waals surface area contributed by atoms with Crippen LogP contribution in [0.4, 0.5) is 5.69 Å². The Labute approximate surface area is 266 Å². The van der Waals surface area contributed by atoms with Crippen LogP contribution >= 0.6 is 0 Å². The summed E-state index contributed by atoms with van der Waals surface area (Å²) in [6, 6.07) is 28.6. The summed E-state index contributed by atoms with van der Waals surface area (Å²) >= 11 is 0. The van der Waals surface area contributed by atoms with Gasteiger partial charge in [0.05, 0.1) is 12.5 Å². The van der Waals surface area contributed by atoms with Gasteiger partial charge < -0.3 is 24.8 Å². The van der Waals surface area contributed by atoms with Crippen LogP contribution in [0.2, 0.25) is 0 Å². The SMILES string of the molecule is CC(=O)Nc1ccc(CC(=O)OC(c2ccc(Oc3ccc(C)cc3)c(Oc3ccc(C)cc3)c2)C(NC(C)C)C(C)C)cc1. The van der Waals surface area contributed by atoms with Gasteiger partial charge in [-0.1, -0.05) is 81.3 Å². The molecule has 0 saturated carbocycles. The van der Waals surface area contributed by atoms with Crippen LogP contribution in [0.1, 0.15) is 63.0 Å². The van der Waals surface area contributed by atoms with E-state index in [1.807, 2.05) is 92.7 Å². The number of amides is 1. The van der Waals surface area contributed by atoms with Gasteiger partial charge in [0.15, 0.2) is 11.5 Å². The van der Waals surface area contributed by atoms with E-state index in [1.165, 1.54) is 6.92 Å². The van der Waals surface area contributed by atoms with Crippen molar-refractivity contribution in [3.8, 4) is 23.0 Å². The van der Waals surface area contributed by atoms with Gasteiger partial charge in [0, 0.05) is 18.7 Å². The molecule has 0 aliphatic heterocycles. The number of ether oxygens (including phenoxy) is 3. The molecule has 2 N–H and O–H groups in total. The van der Waals surface area contributed by atoms with E-state index in [1.54, 1.807) is 12.1 Å². The number of hydrogen-bond acceptors (Lipinski definition) is 6. The molecule has 0 fully saturated rings. The van der Waals surface area contributed by atoms with Crippen molar-refractivity contribution in [1.29, 1.82) is 0 Å². The van der Waals surface area contributed by atoms with E-state index >= 15 is 0 Å². The number of anilines is 1. The molecule has 2 unspecified atom stereocenters. The Balaban J connectivity index is 1.68. The lowest BCUT2D eigenvalue weighted by Crippen LogP contribution is -2.44. The second-order valence-corrected chi connectivity index (χ2v) is 12.1. The molecule has 0 aromatic heterocycles. The minimum absolute atomic E-state index is 0.0880. The maximum atomic E-state index is 13.4. The highest BCUT2D eigenvalue weighted by Gasteiger charge is 2.31. The minimum atomic E-state index is -0.604. The van der Waals surface area contributed by atoms with Crippen LogP contribution in [0.15, 0.2) is 91.0 Å². The molecule has 4 rings (SSSR count). The third-order valence-electron chi connectivity index (χ3n) is 7.25. The summed E-state index contributed by atoms with van der Waals surface area (Å²) in [4.78, 5) is 24.8. The molecule has 7 nitrogen and oxygen atoms in total. The van der Waals surface area contributed by atoms with Gasteiger partial charge in [-0.25, -0.2) is 0 Å². The average molecular weight is 609 g/mol. The number of aryl methyl sites for hydroxylation is 2. The summed E-state index contributed by atoms with van der Waals surface area (Å²) in [7, 11) is 0. The van der Waals surface area contributed by atoms with Crippen LogP contribution in [0.25, 0.3) is 0 Å². The fraction of sp³-hybridized carbons (Fsp3) is 0.316. The molecule has 236 valence electrons. The molecule has 0 saturated heterocycles. The van der Waals surface area contributed by atoms with Crippen molar-refractivity contribution in [3.05, 3.63) is 113 Å². The zero-order valence-electron chi connectivity index (χ0n) is 27.2. The second kappa shape index (κ2) is 15.4. The number of rotatable bonds is 13. The lowest BCUT2D eigenvalue weighted by molar-refractivity contribution is -0.151. The van der Waals surface area contributed by atoms with Crippen molar-refractivity contribution in [2.24, 2.45) is 5.92 Å². The van der Waals surface area contributed by atoms with Crippen molar-refractivity contribution in [2.45, 2.75) is 73.1 Å². The van der Waals surface area contributed by atoms with Crippen LogP contribution in [-0.2, 0) is 20.7 Å². The Morgan fingerprint density at radius 2 is 1.27 bits per heavy atom. The fourth-order valence-corrected chi connectivity index (χ4v) is 4.95. The van der Waals surface area contributed by atoms with Crippen molar-refractivity contribution in [1.82, 2.24) is 5.32 Å². The number of hydrogen-bond donors (Lipinski definition) is 2. The van der Waals surface area contributed by atoms with Gasteiger partial charge in [0.25, 0.3) is 0 Å². The smallest absolute Gasteiger partial charge is 0.310 e. The van der Waals surface area contributed by atoms with Crippen LogP contribution in [0.3, 0.4) is 0 Å². The third-order valence-corrected chi connectivity index (χ3v) is 7.25. The molecule has 0 heterocycles. The van der Waals surface area contributed by atoms with Crippen LogP contribution < -0.4 is 20.1 Å². The maximum absolute atomic E-state index is 13.4. The quantitative estimate of drug-likeness (QED) is 0.148. The van der Waals surface area contributed by atoms with Gasteiger partial charge in [0.2, 0.25) is 5.91 Å². The highest BCUT2D eigenvalue weighted by Crippen LogP contribution is 2.39. The van der Waals surface area contributed by atoms with Gasteiger partial charge in [0.1, 0.15) is 17.6 Å². The molecule has 0 aliphatic rings. The van der Waals surface area contributed by atoms with Crippen LogP contribution in [0.5, 0.6) is 23.0 Å². The van der Waals surface area contributed by atoms with E-state index in [-0.39, 0.29) is 36.3 Å². The van der Waals surface area contributed by atoms with Gasteiger partial charge >= 0.3 is 5.97 Å². The Morgan fingerprint density at radius 1 is 0.711 bits per heavy atom. The molecule has 1 amide bonds. The molecule has 4 aromatic carbocycles. The second-order valence-electron chi connectivity index (χ2n) is 12.1. The van der Waals surface area contributed by atoms with Crippen molar-refractivity contribution < 1.29 is 23.8 Å². The summed E-state index contributed by atoms with van der Waals surface area (Å²) in [5, 5.41) is 6.36. The number of carbonyl (C=O) groups is 2. The highest BCUT2D eigenvalue weighted by molar-refractivity contribution is 5.88. The molecule has 0 radical (unpaired) electrons. The first kappa shape index (κ1) is 33.3. The Morgan fingerprint density at radius 3 is 1.78 bits per heavy atom. The molecule has 0 bridgehead atoms. The molecular formula is C38H44N2O5. The zero-order valence-corrected chi connectivity index (χ0v) is 27.2. The number of esters is 1. The summed E-state index contributed by atoms with van der Waals surface area (Å²) < 4.78 is 19.0. The van der Waals surface area contributed by atoms with Gasteiger partial charge in [-0.05, 0) is 79.4 Å². The zero-order chi connectivity index (χ0) is 32.5. The third kappa shape index (κ3) is 9.95. The monoisotopic (exact) mass is 608 g/mol. The van der Waals surface area contributed by atoms with Gasteiger partial charge in [-0.15, -0.1) is 0 Å².